The van der Waals surface area contributed by atoms with Crippen LogP contribution in [-0.2, 0) is 28.8 Å². The van der Waals surface area contributed by atoms with Crippen molar-refractivity contribution in [2.24, 2.45) is 0 Å². The van der Waals surface area contributed by atoms with E-state index in [-0.39, 0.29) is 5.91 Å². The molecule has 0 bridgehead atoms. The Kier molecular flexibility index (Phi) is 5.93. The molecule has 1 heterocycles. The van der Waals surface area contributed by atoms with Gasteiger partial charge < -0.3 is 14.8 Å². The molecule has 1 N–H and O–H groups in total. The lowest BCUT2D eigenvalue weighted by Gasteiger charge is -2.13. The lowest BCUT2D eigenvalue weighted by molar-refractivity contribution is -0.129. The zero-order chi connectivity index (χ0) is 18.5. The van der Waals surface area contributed by atoms with E-state index in [4.69, 9.17) is 9.47 Å². The molecule has 0 fully saturated rings. The van der Waals surface area contributed by atoms with Crippen LogP contribution in [-0.4, -0.2) is 31.6 Å². The number of nitrogens with one attached hydrogen (secondary N) is 1. The number of esters is 1. The van der Waals surface area contributed by atoms with Crippen molar-refractivity contribution >= 4 is 23.2 Å². The average Bonchev–Trinajstić information content (AvgIpc) is 3.24. The highest BCUT2D eigenvalue weighted by Crippen LogP contribution is 2.31. The largest absolute Gasteiger partial charge is 0.497 e. The first-order valence-electron chi connectivity index (χ1n) is 8.80. The molecule has 1 aromatic carbocycles. The van der Waals surface area contributed by atoms with E-state index in [0.717, 1.165) is 30.6 Å². The molecule has 1 aliphatic carbocycles. The van der Waals surface area contributed by atoms with Crippen LogP contribution in [0, 0.1) is 0 Å². The number of amides is 1. The number of fused-ring (bicyclic) bond motifs is 1. The van der Waals surface area contributed by atoms with Crippen LogP contribution >= 0.6 is 11.3 Å². The molecule has 0 saturated carbocycles. The average molecular weight is 373 g/mol. The zero-order valence-electron chi connectivity index (χ0n) is 15.0. The Hall–Kier alpha value is -2.34. The maximum atomic E-state index is 12.2. The van der Waals surface area contributed by atoms with Crippen LogP contribution < -0.4 is 10.1 Å². The Morgan fingerprint density at radius 3 is 2.69 bits per heavy atom. The Labute approximate surface area is 157 Å². The van der Waals surface area contributed by atoms with E-state index < -0.39 is 12.1 Å². The monoisotopic (exact) mass is 373 g/mol. The van der Waals surface area contributed by atoms with Gasteiger partial charge in [-0.25, -0.2) is 4.79 Å². The number of rotatable bonds is 7. The van der Waals surface area contributed by atoms with Crippen LogP contribution in [0.2, 0.25) is 0 Å². The summed E-state index contributed by atoms with van der Waals surface area (Å²) in [7, 11) is 1.63. The number of hydrogen-bond acceptors (Lipinski definition) is 5. The summed E-state index contributed by atoms with van der Waals surface area (Å²) in [6.45, 7) is 2.09. The summed E-state index contributed by atoms with van der Waals surface area (Å²) >= 11 is 1.49. The van der Waals surface area contributed by atoms with Crippen molar-refractivity contribution in [2.45, 2.75) is 38.7 Å². The Morgan fingerprint density at radius 2 is 2.00 bits per heavy atom. The quantitative estimate of drug-likeness (QED) is 0.757. The molecule has 0 saturated heterocycles. The molecule has 5 nitrogen and oxygen atoms in total. The number of methoxy groups -OCH3 is 1. The fraction of sp³-hybridized carbons (Fsp3) is 0.400. The van der Waals surface area contributed by atoms with Gasteiger partial charge in [-0.3, -0.25) is 4.79 Å². The highest BCUT2D eigenvalue weighted by atomic mass is 32.1. The van der Waals surface area contributed by atoms with Crippen LogP contribution in [0.4, 0.5) is 0 Å². The van der Waals surface area contributed by atoms with Crippen LogP contribution in [0.1, 0.15) is 39.0 Å². The molecule has 3 rings (SSSR count). The molecule has 2 aromatic rings. The predicted molar refractivity (Wildman–Crippen MR) is 101 cm³/mol. The first kappa shape index (κ1) is 18.5. The number of aryl methyl sites for hydroxylation is 2. The Balaban J connectivity index is 1.44. The molecule has 0 radical (unpaired) electrons. The van der Waals surface area contributed by atoms with E-state index in [1.54, 1.807) is 14.0 Å². The van der Waals surface area contributed by atoms with Gasteiger partial charge in [0, 0.05) is 11.4 Å². The van der Waals surface area contributed by atoms with E-state index in [1.165, 1.54) is 21.8 Å². The first-order valence-corrected chi connectivity index (χ1v) is 9.61. The fourth-order valence-corrected chi connectivity index (χ4v) is 4.10. The standard InChI is InChI=1S/C20H23NO4S/c1-13(25-20(23)18-12-15-4-3-5-17(15)26-18)19(22)21-11-10-14-6-8-16(24-2)9-7-14/h6-9,12-13H,3-5,10-11H2,1-2H3,(H,21,22)/t13-/m0/s1. The zero-order valence-corrected chi connectivity index (χ0v) is 15.9. The lowest BCUT2D eigenvalue weighted by atomic mass is 10.1. The molecule has 1 aromatic heterocycles. The molecule has 1 aliphatic rings. The van der Waals surface area contributed by atoms with Gasteiger partial charge >= 0.3 is 5.97 Å². The minimum absolute atomic E-state index is 0.282. The number of hydrogen-bond donors (Lipinski definition) is 1. The summed E-state index contributed by atoms with van der Waals surface area (Å²) in [4.78, 5) is 26.2. The SMILES string of the molecule is COc1ccc(CCNC(=O)[C@H](C)OC(=O)c2cc3c(s2)CCC3)cc1. The summed E-state index contributed by atoms with van der Waals surface area (Å²) in [5.41, 5.74) is 2.35. The highest BCUT2D eigenvalue weighted by molar-refractivity contribution is 7.14. The highest BCUT2D eigenvalue weighted by Gasteiger charge is 2.23. The van der Waals surface area contributed by atoms with E-state index in [2.05, 4.69) is 5.32 Å². The van der Waals surface area contributed by atoms with Crippen molar-refractivity contribution in [2.75, 3.05) is 13.7 Å². The van der Waals surface area contributed by atoms with Gasteiger partial charge in [0.25, 0.3) is 5.91 Å². The smallest absolute Gasteiger partial charge is 0.349 e. The lowest BCUT2D eigenvalue weighted by Crippen LogP contribution is -2.36. The summed E-state index contributed by atoms with van der Waals surface area (Å²) < 4.78 is 10.4. The van der Waals surface area contributed by atoms with Crippen molar-refractivity contribution in [3.8, 4) is 5.75 Å². The van der Waals surface area contributed by atoms with Crippen LogP contribution in [0.5, 0.6) is 5.75 Å². The van der Waals surface area contributed by atoms with Crippen molar-refractivity contribution in [1.82, 2.24) is 5.32 Å². The normalized spacial score (nSPS) is 13.8. The van der Waals surface area contributed by atoms with E-state index in [0.29, 0.717) is 17.8 Å². The topological polar surface area (TPSA) is 64.6 Å². The van der Waals surface area contributed by atoms with Crippen molar-refractivity contribution in [3.05, 3.63) is 51.2 Å². The summed E-state index contributed by atoms with van der Waals surface area (Å²) in [5, 5.41) is 2.81. The van der Waals surface area contributed by atoms with Crippen molar-refractivity contribution < 1.29 is 19.1 Å². The predicted octanol–water partition coefficient (Wildman–Crippen LogP) is 3.15. The van der Waals surface area contributed by atoms with E-state index >= 15 is 0 Å². The second-order valence-electron chi connectivity index (χ2n) is 6.35. The van der Waals surface area contributed by atoms with E-state index in [9.17, 15) is 9.59 Å². The van der Waals surface area contributed by atoms with Gasteiger partial charge in [-0.05, 0) is 61.9 Å². The fourth-order valence-electron chi connectivity index (χ4n) is 2.97. The van der Waals surface area contributed by atoms with Gasteiger partial charge in [0.15, 0.2) is 6.10 Å². The van der Waals surface area contributed by atoms with Gasteiger partial charge in [0.2, 0.25) is 0 Å². The van der Waals surface area contributed by atoms with Crippen molar-refractivity contribution in [1.29, 1.82) is 0 Å². The third-order valence-corrected chi connectivity index (χ3v) is 5.69. The van der Waals surface area contributed by atoms with Gasteiger partial charge in [-0.15, -0.1) is 11.3 Å². The minimum Gasteiger partial charge on any atom is -0.497 e. The summed E-state index contributed by atoms with van der Waals surface area (Å²) in [6, 6.07) is 9.61. The Morgan fingerprint density at radius 1 is 1.23 bits per heavy atom. The summed E-state index contributed by atoms with van der Waals surface area (Å²) in [6.07, 6.45) is 3.11. The molecule has 1 atom stereocenters. The molecule has 138 valence electrons. The minimum atomic E-state index is -0.810. The number of carbonyl (C=O) groups is 2. The molecule has 0 spiro atoms. The van der Waals surface area contributed by atoms with Gasteiger partial charge in [0.05, 0.1) is 7.11 Å². The molecular formula is C20H23NO4S. The third-order valence-electron chi connectivity index (χ3n) is 4.47. The molecule has 0 aliphatic heterocycles. The number of carbonyl (C=O) groups excluding carboxylic acids is 2. The number of thiophene rings is 1. The van der Waals surface area contributed by atoms with Crippen LogP contribution in [0.3, 0.4) is 0 Å². The van der Waals surface area contributed by atoms with Gasteiger partial charge in [-0.2, -0.15) is 0 Å². The second kappa shape index (κ2) is 8.36. The third kappa shape index (κ3) is 4.43. The molecular weight excluding hydrogens is 350 g/mol. The Bertz CT molecular complexity index is 760. The van der Waals surface area contributed by atoms with Gasteiger partial charge in [0.1, 0.15) is 10.6 Å². The van der Waals surface area contributed by atoms with Gasteiger partial charge in [-0.1, -0.05) is 12.1 Å². The summed E-state index contributed by atoms with van der Waals surface area (Å²) in [5.74, 6) is 0.107. The maximum absolute atomic E-state index is 12.2. The molecule has 6 heteroatoms. The van der Waals surface area contributed by atoms with Crippen molar-refractivity contribution in [3.63, 3.8) is 0 Å². The number of ether oxygens (including phenoxy) is 2. The van der Waals surface area contributed by atoms with E-state index in [1.807, 2.05) is 30.3 Å². The molecule has 0 unspecified atom stereocenters. The van der Waals surface area contributed by atoms with Crippen LogP contribution in [0.25, 0.3) is 0 Å². The molecule has 1 amide bonds. The first-order chi connectivity index (χ1) is 12.6. The maximum Gasteiger partial charge on any atom is 0.349 e. The second-order valence-corrected chi connectivity index (χ2v) is 7.49. The number of benzene rings is 1. The molecule has 26 heavy (non-hydrogen) atoms. The van der Waals surface area contributed by atoms with Crippen LogP contribution in [0.15, 0.2) is 30.3 Å².